The fourth-order valence-corrected chi connectivity index (χ4v) is 11.9. The fourth-order valence-electron chi connectivity index (χ4n) is 11.9. The highest BCUT2D eigenvalue weighted by Crippen LogP contribution is 2.44. The minimum absolute atomic E-state index is 0.0348. The molecule has 4 aliphatic rings. The topological polar surface area (TPSA) is 202 Å². The molecule has 9 rings (SSSR count). The van der Waals surface area contributed by atoms with Gasteiger partial charge in [0, 0.05) is 23.0 Å². The Labute approximate surface area is 421 Å². The van der Waals surface area contributed by atoms with Crippen molar-refractivity contribution >= 4 is 45.8 Å². The van der Waals surface area contributed by atoms with Gasteiger partial charge < -0.3 is 54.1 Å². The number of ether oxygens (including phenoxy) is 5. The molecule has 0 bridgehead atoms. The molecule has 2 aromatic heterocycles. The third-order valence-electron chi connectivity index (χ3n) is 15.3. The summed E-state index contributed by atoms with van der Waals surface area (Å²) in [5.41, 5.74) is 6.51. The lowest BCUT2D eigenvalue weighted by Crippen LogP contribution is -2.56. The number of carbonyl (C=O) groups excluding carboxylic acids is 4. The van der Waals surface area contributed by atoms with Crippen LogP contribution in [0.5, 0.6) is 5.75 Å². The molecule has 3 fully saturated rings. The van der Waals surface area contributed by atoms with E-state index in [1.807, 2.05) is 56.7 Å². The SMILES string of the molecule is CCOC(=O)N[C@H](C(=O)N(Cc1nc2ccc3cc4c(cc3c2[nH]1)OCc1cc(-c2cnc([C@@H]3CC[C@H](C)N3C(=O)[C@@H](NC(=O)OCC)C3C[C@@H](C)O[C@H](C)C3)[nH]2)ccc1-4)[C@@H](C)CC)C1C[C@@H](C)O[C@H](C)C1. The molecule has 4 amide bonds. The van der Waals surface area contributed by atoms with Crippen LogP contribution in [-0.2, 0) is 41.7 Å². The number of alkyl carbamates (subject to hydrolysis) is 2. The number of nitrogens with zero attached hydrogens (tertiary/aromatic N) is 4. The van der Waals surface area contributed by atoms with E-state index in [1.54, 1.807) is 13.8 Å². The van der Waals surface area contributed by atoms with Gasteiger partial charge in [0.1, 0.15) is 36.1 Å². The number of nitrogens with one attached hydrogen (secondary N) is 4. The summed E-state index contributed by atoms with van der Waals surface area (Å²) in [7, 11) is 0. The van der Waals surface area contributed by atoms with Crippen LogP contribution >= 0.6 is 0 Å². The van der Waals surface area contributed by atoms with E-state index in [1.165, 1.54) is 0 Å². The van der Waals surface area contributed by atoms with Crippen LogP contribution in [0.4, 0.5) is 9.59 Å². The first-order valence-electron chi connectivity index (χ1n) is 26.2. The lowest BCUT2D eigenvalue weighted by molar-refractivity contribution is -0.141. The van der Waals surface area contributed by atoms with Gasteiger partial charge in [0.2, 0.25) is 11.8 Å². The number of carbonyl (C=O) groups is 4. The van der Waals surface area contributed by atoms with Crippen LogP contribution in [-0.4, -0.2) is 116 Å². The van der Waals surface area contributed by atoms with E-state index in [0.717, 1.165) is 68.3 Å². The van der Waals surface area contributed by atoms with Crippen molar-refractivity contribution in [3.05, 3.63) is 65.9 Å². The molecule has 17 nitrogen and oxygen atoms in total. The lowest BCUT2D eigenvalue weighted by Gasteiger charge is -2.39. The van der Waals surface area contributed by atoms with Gasteiger partial charge in [-0.3, -0.25) is 9.59 Å². The number of fused-ring (bicyclic) bond motifs is 6. The third-order valence-corrected chi connectivity index (χ3v) is 15.3. The summed E-state index contributed by atoms with van der Waals surface area (Å²) in [5.74, 6) is 1.60. The van der Waals surface area contributed by atoms with Crippen molar-refractivity contribution in [3.8, 4) is 28.1 Å². The van der Waals surface area contributed by atoms with E-state index < -0.39 is 24.3 Å². The minimum Gasteiger partial charge on any atom is -0.488 e. The van der Waals surface area contributed by atoms with Gasteiger partial charge in [0.25, 0.3) is 0 Å². The van der Waals surface area contributed by atoms with Crippen molar-refractivity contribution < 1.29 is 42.9 Å². The number of benzene rings is 3. The van der Waals surface area contributed by atoms with E-state index >= 15 is 0 Å². The number of H-pyrrole nitrogens is 2. The quantitative estimate of drug-likeness (QED) is 0.0826. The van der Waals surface area contributed by atoms with Crippen molar-refractivity contribution in [3.63, 3.8) is 0 Å². The standard InChI is InChI=1S/C55H72N8O9/c1-10-29(4)62(52(64)48(60-54(66)68-11-2)37-19-31(6)71-32(7)20-37)27-47-57-43-17-15-35-24-42-40-16-14-36(23-39(40)28-70-46(42)25-41(35)50(43)59-47)44-26-56-51(58-44)45-18-13-30(5)63(45)53(65)49(61-55(67)69-12-3)38-21-33(8)72-34(9)22-38/h14-17,23-26,29-34,37-38,45,48-49H,10-13,18-22,27-28H2,1-9H3,(H,56,58)(H,57,59)(H,60,66)(H,61,67)/t29-,30-,31+,32+,33+,34+,45-,48-,49-/m0/s1. The molecule has 72 heavy (non-hydrogen) atoms. The first-order valence-corrected chi connectivity index (χ1v) is 26.2. The monoisotopic (exact) mass is 989 g/mol. The number of hydrogen-bond acceptors (Lipinski definition) is 11. The van der Waals surface area contributed by atoms with Crippen molar-refractivity contribution in [2.75, 3.05) is 13.2 Å². The molecule has 0 spiro atoms. The van der Waals surface area contributed by atoms with Crippen molar-refractivity contribution in [1.82, 2.24) is 40.4 Å². The average molecular weight is 989 g/mol. The molecule has 17 heteroatoms. The molecule has 4 aliphatic heterocycles. The highest BCUT2D eigenvalue weighted by molar-refractivity contribution is 6.07. The molecule has 9 atom stereocenters. The Bertz CT molecular complexity index is 2770. The van der Waals surface area contributed by atoms with Gasteiger partial charge in [-0.25, -0.2) is 19.6 Å². The Hall–Kier alpha value is -6.20. The third kappa shape index (κ3) is 10.5. The van der Waals surface area contributed by atoms with Gasteiger partial charge in [-0.05, 0) is 159 Å². The number of amides is 4. The van der Waals surface area contributed by atoms with Crippen LogP contribution in [0.15, 0.2) is 48.7 Å². The van der Waals surface area contributed by atoms with Gasteiger partial charge >= 0.3 is 12.2 Å². The number of aromatic nitrogens is 4. The maximum atomic E-state index is 14.6. The van der Waals surface area contributed by atoms with E-state index in [4.69, 9.17) is 33.7 Å². The number of likely N-dealkylation sites (tertiary alicyclic amines) is 1. The maximum absolute atomic E-state index is 14.6. The second kappa shape index (κ2) is 21.5. The summed E-state index contributed by atoms with van der Waals surface area (Å²) in [4.78, 5) is 75.7. The summed E-state index contributed by atoms with van der Waals surface area (Å²) in [6.07, 6.45) is 5.33. The molecule has 0 aliphatic carbocycles. The molecule has 4 N–H and O–H groups in total. The van der Waals surface area contributed by atoms with Crippen LogP contribution in [0.1, 0.15) is 131 Å². The molecule has 0 saturated carbocycles. The van der Waals surface area contributed by atoms with Crippen molar-refractivity contribution in [1.29, 1.82) is 0 Å². The summed E-state index contributed by atoms with van der Waals surface area (Å²) in [5, 5.41) is 7.83. The van der Waals surface area contributed by atoms with E-state index in [2.05, 4.69) is 70.8 Å². The summed E-state index contributed by atoms with van der Waals surface area (Å²) in [6, 6.07) is 12.7. The molecule has 3 saturated heterocycles. The van der Waals surface area contributed by atoms with E-state index in [-0.39, 0.29) is 86.0 Å². The van der Waals surface area contributed by atoms with Gasteiger partial charge in [-0.1, -0.05) is 25.1 Å². The maximum Gasteiger partial charge on any atom is 0.407 e. The molecular weight excluding hydrogens is 917 g/mol. The Morgan fingerprint density at radius 1 is 0.806 bits per heavy atom. The second-order valence-electron chi connectivity index (χ2n) is 20.6. The predicted octanol–water partition coefficient (Wildman–Crippen LogP) is 9.48. The molecule has 0 unspecified atom stereocenters. The Morgan fingerprint density at radius 2 is 1.46 bits per heavy atom. The zero-order valence-corrected chi connectivity index (χ0v) is 43.2. The first-order chi connectivity index (χ1) is 34.6. The van der Waals surface area contributed by atoms with Crippen LogP contribution in [0.2, 0.25) is 0 Å². The number of hydrogen-bond donors (Lipinski definition) is 4. The zero-order valence-electron chi connectivity index (χ0n) is 43.2. The van der Waals surface area contributed by atoms with E-state index in [0.29, 0.717) is 50.4 Å². The summed E-state index contributed by atoms with van der Waals surface area (Å²) < 4.78 is 29.1. The van der Waals surface area contributed by atoms with Crippen LogP contribution in [0, 0.1) is 11.8 Å². The normalized spacial score (nSPS) is 25.2. The summed E-state index contributed by atoms with van der Waals surface area (Å²) >= 11 is 0. The minimum atomic E-state index is -0.779. The molecular formula is C55H72N8O9. The molecule has 0 radical (unpaired) electrons. The molecule has 3 aromatic carbocycles. The van der Waals surface area contributed by atoms with Gasteiger partial charge in [-0.2, -0.15) is 0 Å². The smallest absolute Gasteiger partial charge is 0.407 e. The second-order valence-corrected chi connectivity index (χ2v) is 20.6. The van der Waals surface area contributed by atoms with Crippen LogP contribution in [0.25, 0.3) is 44.2 Å². The average Bonchev–Trinajstić information content (AvgIpc) is 4.11. The Kier molecular flexibility index (Phi) is 15.1. The zero-order chi connectivity index (χ0) is 51.0. The van der Waals surface area contributed by atoms with Crippen LogP contribution < -0.4 is 15.4 Å². The highest BCUT2D eigenvalue weighted by Gasteiger charge is 2.45. The summed E-state index contributed by atoms with van der Waals surface area (Å²) in [6.45, 7) is 18.7. The van der Waals surface area contributed by atoms with Crippen molar-refractivity contribution in [2.24, 2.45) is 11.8 Å². The largest absolute Gasteiger partial charge is 0.488 e. The Balaban J connectivity index is 0.945. The number of aromatic amines is 2. The van der Waals surface area contributed by atoms with Gasteiger partial charge in [-0.15, -0.1) is 0 Å². The lowest BCUT2D eigenvalue weighted by atomic mass is 9.85. The molecule has 386 valence electrons. The Morgan fingerprint density at radius 3 is 2.11 bits per heavy atom. The van der Waals surface area contributed by atoms with E-state index in [9.17, 15) is 19.2 Å². The fraction of sp³-hybridized carbons (Fsp3) is 0.564. The van der Waals surface area contributed by atoms with Crippen molar-refractivity contribution in [2.45, 2.75) is 175 Å². The number of imidazole rings is 2. The number of rotatable bonds is 14. The molecule has 5 aromatic rings. The van der Waals surface area contributed by atoms with Gasteiger partial charge in [0.15, 0.2) is 0 Å². The molecule has 6 heterocycles. The van der Waals surface area contributed by atoms with Crippen LogP contribution in [0.3, 0.4) is 0 Å². The highest BCUT2D eigenvalue weighted by atomic mass is 16.6. The first kappa shape index (κ1) is 50.7. The predicted molar refractivity (Wildman–Crippen MR) is 273 cm³/mol. The van der Waals surface area contributed by atoms with Gasteiger partial charge in [0.05, 0.1) is 73.1 Å².